The molecule has 1 aliphatic rings. The first-order chi connectivity index (χ1) is 39.2. The Bertz CT molecular complexity index is 1350. The number of unbranched alkanes of at least 4 members (excludes halogenated alkanes) is 45. The van der Waals surface area contributed by atoms with Crippen LogP contribution in [0.2, 0.25) is 0 Å². The van der Waals surface area contributed by atoms with E-state index in [4.69, 9.17) is 9.47 Å². The maximum Gasteiger partial charge on any atom is 0.249 e. The smallest absolute Gasteiger partial charge is 0.249 e. The standard InChI is InChI=1S/C69H133NO10/c1-3-5-7-9-11-13-15-17-19-21-23-25-27-29-30-31-33-35-37-39-41-43-45-47-49-51-53-55-57-62(73)68(78)70-60(59-79-69-67(77)66(76)65(75)63(58-71)80-69)64(74)61(72)56-54-52-50-48-46-44-42-40-38-36-34-32-28-26-24-22-20-18-16-14-12-10-8-6-4-2/h29-30,48,50,60-67,69,71-77H,3-28,31-47,49,51-59H2,1-2H3,(H,70,78)/b30-29-,50-48+. The predicted octanol–water partition coefficient (Wildman–Crippen LogP) is 16.4. The number of carbonyl (C=O) groups is 1. The van der Waals surface area contributed by atoms with Crippen molar-refractivity contribution < 1.29 is 50.0 Å². The van der Waals surface area contributed by atoms with Gasteiger partial charge in [0.25, 0.3) is 0 Å². The fourth-order valence-corrected chi connectivity index (χ4v) is 11.4. The Hall–Kier alpha value is -1.41. The van der Waals surface area contributed by atoms with E-state index >= 15 is 0 Å². The Balaban J connectivity index is 2.22. The van der Waals surface area contributed by atoms with E-state index in [-0.39, 0.29) is 12.8 Å². The molecule has 0 bridgehead atoms. The predicted molar refractivity (Wildman–Crippen MR) is 335 cm³/mol. The number of ether oxygens (including phenoxy) is 2. The number of hydrogen-bond donors (Lipinski definition) is 8. The summed E-state index contributed by atoms with van der Waals surface area (Å²) in [6.07, 6.45) is 61.2. The van der Waals surface area contributed by atoms with Gasteiger partial charge in [0.05, 0.1) is 25.4 Å². The lowest BCUT2D eigenvalue weighted by Gasteiger charge is -2.40. The number of hydrogen-bond acceptors (Lipinski definition) is 10. The summed E-state index contributed by atoms with van der Waals surface area (Å²) < 4.78 is 11.2. The van der Waals surface area contributed by atoms with Crippen molar-refractivity contribution in [2.24, 2.45) is 0 Å². The zero-order chi connectivity index (χ0) is 58.2. The van der Waals surface area contributed by atoms with Crippen molar-refractivity contribution in [1.82, 2.24) is 5.32 Å². The molecule has 0 aromatic carbocycles. The molecular weight excluding hydrogens is 1000 g/mol. The number of rotatable bonds is 61. The molecule has 1 heterocycles. The molecule has 11 nitrogen and oxygen atoms in total. The minimum Gasteiger partial charge on any atom is -0.394 e. The van der Waals surface area contributed by atoms with E-state index in [1.807, 2.05) is 0 Å². The van der Waals surface area contributed by atoms with Crippen LogP contribution in [0.4, 0.5) is 0 Å². The molecule has 474 valence electrons. The number of amides is 1. The number of allylic oxidation sites excluding steroid dienone is 4. The van der Waals surface area contributed by atoms with Crippen molar-refractivity contribution in [3.05, 3.63) is 24.3 Å². The van der Waals surface area contributed by atoms with E-state index in [2.05, 4.69) is 43.5 Å². The molecule has 1 amide bonds. The van der Waals surface area contributed by atoms with E-state index in [1.54, 1.807) is 0 Å². The molecular formula is C69H133NO10. The third-order valence-electron chi connectivity index (χ3n) is 17.0. The molecule has 0 aromatic rings. The molecule has 0 spiro atoms. The van der Waals surface area contributed by atoms with Crippen LogP contribution in [-0.2, 0) is 14.3 Å². The van der Waals surface area contributed by atoms with Crippen LogP contribution in [-0.4, -0.2) is 110 Å². The van der Waals surface area contributed by atoms with Gasteiger partial charge in [-0.25, -0.2) is 0 Å². The number of aliphatic hydroxyl groups excluding tert-OH is 7. The summed E-state index contributed by atoms with van der Waals surface area (Å²) in [5.41, 5.74) is 0. The average molecular weight is 1140 g/mol. The molecule has 0 aromatic heterocycles. The maximum absolute atomic E-state index is 13.2. The summed E-state index contributed by atoms with van der Waals surface area (Å²) in [5, 5.41) is 76.5. The summed E-state index contributed by atoms with van der Waals surface area (Å²) in [6, 6.07) is -1.19. The highest BCUT2D eigenvalue weighted by molar-refractivity contribution is 5.80. The summed E-state index contributed by atoms with van der Waals surface area (Å²) in [4.78, 5) is 13.2. The van der Waals surface area contributed by atoms with Crippen LogP contribution in [0, 0.1) is 0 Å². The fraction of sp³-hybridized carbons (Fsp3) is 0.928. The van der Waals surface area contributed by atoms with Crippen molar-refractivity contribution in [1.29, 1.82) is 0 Å². The minimum absolute atomic E-state index is 0.256. The first kappa shape index (κ1) is 76.6. The first-order valence-electron chi connectivity index (χ1n) is 34.7. The lowest BCUT2D eigenvalue weighted by atomic mass is 9.98. The van der Waals surface area contributed by atoms with E-state index in [1.165, 1.54) is 263 Å². The summed E-state index contributed by atoms with van der Waals surface area (Å²) in [5.74, 6) is -0.701. The second-order valence-electron chi connectivity index (χ2n) is 24.6. The number of carbonyl (C=O) groups excluding carboxylic acids is 1. The van der Waals surface area contributed by atoms with Crippen LogP contribution < -0.4 is 5.32 Å². The summed E-state index contributed by atoms with van der Waals surface area (Å²) >= 11 is 0. The molecule has 1 aliphatic heterocycles. The molecule has 0 saturated carbocycles. The van der Waals surface area contributed by atoms with E-state index < -0.39 is 74.2 Å². The van der Waals surface area contributed by atoms with Crippen molar-refractivity contribution >= 4 is 5.91 Å². The van der Waals surface area contributed by atoms with Crippen LogP contribution in [0.3, 0.4) is 0 Å². The second kappa shape index (κ2) is 58.0. The first-order valence-corrected chi connectivity index (χ1v) is 34.7. The van der Waals surface area contributed by atoms with Gasteiger partial charge < -0.3 is 50.5 Å². The van der Waals surface area contributed by atoms with Gasteiger partial charge in [0, 0.05) is 0 Å². The molecule has 11 heteroatoms. The minimum atomic E-state index is -1.67. The van der Waals surface area contributed by atoms with E-state index in [0.29, 0.717) is 12.8 Å². The Morgan fingerprint density at radius 1 is 0.425 bits per heavy atom. The van der Waals surface area contributed by atoms with Crippen molar-refractivity contribution in [2.75, 3.05) is 13.2 Å². The molecule has 0 radical (unpaired) electrons. The van der Waals surface area contributed by atoms with Crippen molar-refractivity contribution in [3.63, 3.8) is 0 Å². The zero-order valence-electron chi connectivity index (χ0n) is 52.3. The van der Waals surface area contributed by atoms with Crippen LogP contribution >= 0.6 is 0 Å². The van der Waals surface area contributed by atoms with Crippen molar-refractivity contribution in [3.8, 4) is 0 Å². The average Bonchev–Trinajstić information content (AvgIpc) is 3.47. The van der Waals surface area contributed by atoms with Gasteiger partial charge in [0.1, 0.15) is 36.6 Å². The third kappa shape index (κ3) is 45.0. The quantitative estimate of drug-likeness (QED) is 0.0215. The number of nitrogens with one attached hydrogen (secondary N) is 1. The highest BCUT2D eigenvalue weighted by Gasteiger charge is 2.44. The largest absolute Gasteiger partial charge is 0.394 e. The van der Waals surface area contributed by atoms with Gasteiger partial charge in [-0.15, -0.1) is 0 Å². The lowest BCUT2D eigenvalue weighted by molar-refractivity contribution is -0.303. The van der Waals surface area contributed by atoms with Gasteiger partial charge >= 0.3 is 0 Å². The molecule has 1 rings (SSSR count). The monoisotopic (exact) mass is 1140 g/mol. The molecule has 1 saturated heterocycles. The SMILES string of the molecule is CCCCCCCCCCCCCC/C=C\CCCCCCCCCCCCCCC(O)C(=O)NC(COC1OC(CO)C(O)C(O)C1O)C(O)C(O)CCC/C=C/CCCCCCCCCCCCCCCCCCCCCC. The second-order valence-corrected chi connectivity index (χ2v) is 24.6. The van der Waals surface area contributed by atoms with Gasteiger partial charge in [-0.3, -0.25) is 4.79 Å². The molecule has 8 N–H and O–H groups in total. The zero-order valence-corrected chi connectivity index (χ0v) is 52.3. The highest BCUT2D eigenvalue weighted by atomic mass is 16.7. The van der Waals surface area contributed by atoms with Crippen LogP contribution in [0.1, 0.15) is 341 Å². The Morgan fingerprint density at radius 3 is 1.07 bits per heavy atom. The van der Waals surface area contributed by atoms with Gasteiger partial charge in [-0.2, -0.15) is 0 Å². The highest BCUT2D eigenvalue weighted by Crippen LogP contribution is 2.24. The maximum atomic E-state index is 13.2. The molecule has 80 heavy (non-hydrogen) atoms. The molecule has 1 fully saturated rings. The summed E-state index contributed by atoms with van der Waals surface area (Å²) in [6.45, 7) is 3.50. The van der Waals surface area contributed by atoms with Gasteiger partial charge in [-0.1, -0.05) is 301 Å². The molecule has 9 unspecified atom stereocenters. The summed E-state index contributed by atoms with van der Waals surface area (Å²) in [7, 11) is 0. The van der Waals surface area contributed by atoms with Crippen LogP contribution in [0.15, 0.2) is 24.3 Å². The third-order valence-corrected chi connectivity index (χ3v) is 17.0. The van der Waals surface area contributed by atoms with Gasteiger partial charge in [0.15, 0.2) is 6.29 Å². The topological polar surface area (TPSA) is 189 Å². The van der Waals surface area contributed by atoms with E-state index in [0.717, 1.165) is 38.5 Å². The van der Waals surface area contributed by atoms with Gasteiger partial charge in [-0.05, 0) is 64.2 Å². The van der Waals surface area contributed by atoms with Crippen molar-refractivity contribution in [2.45, 2.75) is 396 Å². The van der Waals surface area contributed by atoms with Crippen LogP contribution in [0.25, 0.3) is 0 Å². The normalized spacial score (nSPS) is 19.3. The molecule has 0 aliphatic carbocycles. The lowest BCUT2D eigenvalue weighted by Crippen LogP contribution is -2.60. The van der Waals surface area contributed by atoms with Crippen LogP contribution in [0.5, 0.6) is 0 Å². The van der Waals surface area contributed by atoms with Gasteiger partial charge in [0.2, 0.25) is 5.91 Å². The fourth-order valence-electron chi connectivity index (χ4n) is 11.4. The Labute approximate surface area is 493 Å². The van der Waals surface area contributed by atoms with E-state index in [9.17, 15) is 40.5 Å². The Kier molecular flexibility index (Phi) is 55.5. The number of aliphatic hydroxyl groups is 7. The molecule has 9 atom stereocenters. The Morgan fingerprint density at radius 2 is 0.738 bits per heavy atom.